The average Bonchev–Trinajstić information content (AvgIpc) is 2.76. The minimum absolute atomic E-state index is 0.0609. The van der Waals surface area contributed by atoms with Crippen molar-refractivity contribution in [1.82, 2.24) is 19.4 Å². The Morgan fingerprint density at radius 2 is 1.71 bits per heavy atom. The fourth-order valence-corrected chi connectivity index (χ4v) is 3.28. The predicted molar refractivity (Wildman–Crippen MR) is 107 cm³/mol. The highest BCUT2D eigenvalue weighted by molar-refractivity contribution is 5.94. The van der Waals surface area contributed by atoms with Crippen LogP contribution in [0.3, 0.4) is 0 Å². The first-order valence-electron chi connectivity index (χ1n) is 9.21. The predicted octanol–water partition coefficient (Wildman–Crippen LogP) is 1.80. The van der Waals surface area contributed by atoms with Gasteiger partial charge in [0, 0.05) is 57.3 Å². The molecule has 7 heteroatoms. The number of anilines is 1. The molecule has 0 aliphatic carbocycles. The van der Waals surface area contributed by atoms with Crippen LogP contribution in [-0.4, -0.2) is 51.5 Å². The van der Waals surface area contributed by atoms with Crippen molar-refractivity contribution in [2.24, 2.45) is 7.05 Å². The molecule has 142 valence electrons. The van der Waals surface area contributed by atoms with Gasteiger partial charge in [-0.3, -0.25) is 9.59 Å². The van der Waals surface area contributed by atoms with Crippen LogP contribution >= 0.6 is 0 Å². The molecule has 1 aromatic carbocycles. The number of rotatable bonds is 3. The maximum Gasteiger partial charge on any atom is 0.255 e. The lowest BCUT2D eigenvalue weighted by molar-refractivity contribution is 0.0745. The summed E-state index contributed by atoms with van der Waals surface area (Å²) in [6.07, 6.45) is 3.36. The van der Waals surface area contributed by atoms with E-state index in [9.17, 15) is 9.59 Å². The zero-order chi connectivity index (χ0) is 19.5. The highest BCUT2D eigenvalue weighted by Crippen LogP contribution is 2.19. The molecule has 1 amide bonds. The normalized spacial score (nSPS) is 14.2. The van der Waals surface area contributed by atoms with Crippen LogP contribution in [0.5, 0.6) is 0 Å². The van der Waals surface area contributed by atoms with Crippen LogP contribution in [-0.2, 0) is 7.05 Å². The monoisotopic (exact) mass is 375 g/mol. The Hall–Kier alpha value is -3.48. The minimum Gasteiger partial charge on any atom is -0.337 e. The molecule has 0 saturated carbocycles. The molecule has 1 aliphatic rings. The van der Waals surface area contributed by atoms with Gasteiger partial charge in [-0.25, -0.2) is 9.97 Å². The number of nitrogens with zero attached hydrogens (tertiary/aromatic N) is 5. The average molecular weight is 375 g/mol. The maximum absolute atomic E-state index is 12.7. The number of carbonyl (C=O) groups is 1. The molecule has 3 heterocycles. The van der Waals surface area contributed by atoms with Gasteiger partial charge in [0.15, 0.2) is 0 Å². The number of amides is 1. The first-order valence-corrected chi connectivity index (χ1v) is 9.21. The van der Waals surface area contributed by atoms with Crippen LogP contribution < -0.4 is 10.5 Å². The van der Waals surface area contributed by atoms with Crippen LogP contribution in [0.15, 0.2) is 65.7 Å². The third-order valence-corrected chi connectivity index (χ3v) is 4.89. The molecule has 0 radical (unpaired) electrons. The van der Waals surface area contributed by atoms with Crippen LogP contribution in [0.4, 0.5) is 5.95 Å². The van der Waals surface area contributed by atoms with Gasteiger partial charge in [0.2, 0.25) is 11.5 Å². The van der Waals surface area contributed by atoms with Gasteiger partial charge in [-0.05, 0) is 12.1 Å². The Balaban J connectivity index is 1.45. The molecule has 1 saturated heterocycles. The fourth-order valence-electron chi connectivity index (χ4n) is 3.28. The van der Waals surface area contributed by atoms with Crippen molar-refractivity contribution in [3.8, 4) is 11.3 Å². The summed E-state index contributed by atoms with van der Waals surface area (Å²) in [5.41, 5.74) is 2.33. The number of aromatic nitrogens is 3. The molecule has 7 nitrogen and oxygen atoms in total. The minimum atomic E-state index is -0.128. The summed E-state index contributed by atoms with van der Waals surface area (Å²) in [4.78, 5) is 37.2. The SMILES string of the molecule is Cn1cc(C(=O)N2CCN(c3nccc(-c4ccccc4)n3)CC2)ccc1=O. The first-order chi connectivity index (χ1) is 13.6. The van der Waals surface area contributed by atoms with Crippen molar-refractivity contribution in [2.75, 3.05) is 31.1 Å². The van der Waals surface area contributed by atoms with Crippen molar-refractivity contribution < 1.29 is 4.79 Å². The third kappa shape index (κ3) is 3.64. The van der Waals surface area contributed by atoms with Crippen molar-refractivity contribution >= 4 is 11.9 Å². The number of aryl methyl sites for hydroxylation is 1. The summed E-state index contributed by atoms with van der Waals surface area (Å²) in [6.45, 7) is 2.49. The number of carbonyl (C=O) groups excluding carboxylic acids is 1. The molecule has 0 unspecified atom stereocenters. The second kappa shape index (κ2) is 7.64. The van der Waals surface area contributed by atoms with E-state index in [2.05, 4.69) is 14.9 Å². The highest BCUT2D eigenvalue weighted by Gasteiger charge is 2.24. The smallest absolute Gasteiger partial charge is 0.255 e. The molecule has 3 aromatic rings. The van der Waals surface area contributed by atoms with Crippen molar-refractivity contribution in [3.63, 3.8) is 0 Å². The van der Waals surface area contributed by atoms with Gasteiger partial charge in [0.05, 0.1) is 11.3 Å². The van der Waals surface area contributed by atoms with Gasteiger partial charge >= 0.3 is 0 Å². The van der Waals surface area contributed by atoms with E-state index in [4.69, 9.17) is 0 Å². The second-order valence-corrected chi connectivity index (χ2v) is 6.75. The zero-order valence-corrected chi connectivity index (χ0v) is 15.7. The quantitative estimate of drug-likeness (QED) is 0.698. The molecular weight excluding hydrogens is 354 g/mol. The lowest BCUT2D eigenvalue weighted by atomic mass is 10.1. The van der Waals surface area contributed by atoms with Gasteiger partial charge < -0.3 is 14.4 Å². The van der Waals surface area contributed by atoms with Gasteiger partial charge in [0.25, 0.3) is 5.91 Å². The Labute approximate surface area is 162 Å². The summed E-state index contributed by atoms with van der Waals surface area (Å²) in [6, 6.07) is 14.9. The van der Waals surface area contributed by atoms with Crippen LogP contribution in [0.1, 0.15) is 10.4 Å². The summed E-state index contributed by atoms with van der Waals surface area (Å²) in [5, 5.41) is 0. The number of benzene rings is 1. The molecule has 0 bridgehead atoms. The van der Waals surface area contributed by atoms with Crippen LogP contribution in [0.25, 0.3) is 11.3 Å². The van der Waals surface area contributed by atoms with Crippen molar-refractivity contribution in [3.05, 3.63) is 76.8 Å². The lowest BCUT2D eigenvalue weighted by Gasteiger charge is -2.34. The molecule has 4 rings (SSSR count). The Bertz CT molecular complexity index is 1040. The number of hydrogen-bond donors (Lipinski definition) is 0. The molecule has 2 aromatic heterocycles. The Morgan fingerprint density at radius 1 is 0.964 bits per heavy atom. The Morgan fingerprint density at radius 3 is 2.43 bits per heavy atom. The van der Waals surface area contributed by atoms with Gasteiger partial charge in [-0.1, -0.05) is 30.3 Å². The molecule has 0 spiro atoms. The first kappa shape index (κ1) is 17.9. The fraction of sp³-hybridized carbons (Fsp3) is 0.238. The molecule has 28 heavy (non-hydrogen) atoms. The van der Waals surface area contributed by atoms with E-state index < -0.39 is 0 Å². The zero-order valence-electron chi connectivity index (χ0n) is 15.7. The molecular formula is C21H21N5O2. The van der Waals surface area contributed by atoms with E-state index in [1.165, 1.54) is 10.6 Å². The third-order valence-electron chi connectivity index (χ3n) is 4.89. The second-order valence-electron chi connectivity index (χ2n) is 6.75. The number of piperazine rings is 1. The van der Waals surface area contributed by atoms with Crippen molar-refractivity contribution in [2.45, 2.75) is 0 Å². The van der Waals surface area contributed by atoms with Gasteiger partial charge in [-0.15, -0.1) is 0 Å². The van der Waals surface area contributed by atoms with Gasteiger partial charge in [0.1, 0.15) is 0 Å². The topological polar surface area (TPSA) is 71.3 Å². The largest absolute Gasteiger partial charge is 0.337 e. The van der Waals surface area contributed by atoms with E-state index >= 15 is 0 Å². The summed E-state index contributed by atoms with van der Waals surface area (Å²) >= 11 is 0. The van der Waals surface area contributed by atoms with Crippen molar-refractivity contribution in [1.29, 1.82) is 0 Å². The summed E-state index contributed by atoms with van der Waals surface area (Å²) in [7, 11) is 1.65. The van der Waals surface area contributed by atoms with E-state index in [0.717, 1.165) is 11.3 Å². The van der Waals surface area contributed by atoms with Crippen LogP contribution in [0.2, 0.25) is 0 Å². The number of pyridine rings is 1. The molecule has 1 fully saturated rings. The standard InChI is InChI=1S/C21H21N5O2/c1-24-15-17(7-8-19(24)27)20(28)25-11-13-26(14-12-25)21-22-10-9-18(23-21)16-5-3-2-4-6-16/h2-10,15H,11-14H2,1H3. The van der Waals surface area contributed by atoms with Crippen LogP contribution in [0, 0.1) is 0 Å². The van der Waals surface area contributed by atoms with E-state index in [0.29, 0.717) is 37.7 Å². The van der Waals surface area contributed by atoms with E-state index in [-0.39, 0.29) is 11.5 Å². The molecule has 0 atom stereocenters. The highest BCUT2D eigenvalue weighted by atomic mass is 16.2. The summed E-state index contributed by atoms with van der Waals surface area (Å²) in [5.74, 6) is 0.616. The molecule has 0 N–H and O–H groups in total. The lowest BCUT2D eigenvalue weighted by Crippen LogP contribution is -2.49. The van der Waals surface area contributed by atoms with Gasteiger partial charge in [-0.2, -0.15) is 0 Å². The van der Waals surface area contributed by atoms with E-state index in [1.807, 2.05) is 36.4 Å². The number of hydrogen-bond acceptors (Lipinski definition) is 5. The van der Waals surface area contributed by atoms with E-state index in [1.54, 1.807) is 30.4 Å². The molecule has 1 aliphatic heterocycles. The Kier molecular flexibility index (Phi) is 4.89. The maximum atomic E-state index is 12.7. The summed E-state index contributed by atoms with van der Waals surface area (Å²) < 4.78 is 1.42.